The van der Waals surface area contributed by atoms with Gasteiger partial charge in [-0.2, -0.15) is 0 Å². The molecule has 9 unspecified atom stereocenters. The number of rotatable bonds is 7. The lowest BCUT2D eigenvalue weighted by molar-refractivity contribution is -0.151. The van der Waals surface area contributed by atoms with E-state index in [9.17, 15) is 9.59 Å². The van der Waals surface area contributed by atoms with Crippen LogP contribution in [0.5, 0.6) is 0 Å². The number of allylic oxidation sites excluding steroid dienone is 1. The zero-order valence-electron chi connectivity index (χ0n) is 23.4. The Labute approximate surface area is 214 Å². The highest BCUT2D eigenvalue weighted by atomic mass is 16.5. The Hall–Kier alpha value is -1.32. The molecular weight excluding hydrogens is 436 g/mol. The van der Waals surface area contributed by atoms with Gasteiger partial charge in [0.15, 0.2) is 0 Å². The molecule has 0 bridgehead atoms. The van der Waals surface area contributed by atoms with Gasteiger partial charge < -0.3 is 9.47 Å². The minimum Gasteiger partial charge on any atom is -0.462 e. The largest absolute Gasteiger partial charge is 0.462 e. The summed E-state index contributed by atoms with van der Waals surface area (Å²) >= 11 is 0. The Morgan fingerprint density at radius 2 is 1.71 bits per heavy atom. The van der Waals surface area contributed by atoms with Crippen LogP contribution in [0.1, 0.15) is 113 Å². The van der Waals surface area contributed by atoms with E-state index in [-0.39, 0.29) is 35.0 Å². The van der Waals surface area contributed by atoms with Gasteiger partial charge in [0, 0.05) is 26.2 Å². The van der Waals surface area contributed by atoms with Crippen LogP contribution in [0, 0.1) is 46.3 Å². The highest BCUT2D eigenvalue weighted by Crippen LogP contribution is 2.67. The molecule has 0 spiro atoms. The van der Waals surface area contributed by atoms with Crippen LogP contribution < -0.4 is 0 Å². The normalized spacial score (nSPS) is 41.3. The van der Waals surface area contributed by atoms with Crippen LogP contribution in [-0.4, -0.2) is 24.1 Å². The fourth-order valence-corrected chi connectivity index (χ4v) is 9.37. The SMILES string of the molecule is CC(=O)OC1CCC2(C)C(=CCC3C2CCC2(C)C3CC(OC(C)=O)C2C(C)CCCC(C)C)C1. The number of hydrogen-bond donors (Lipinski definition) is 0. The van der Waals surface area contributed by atoms with E-state index in [1.54, 1.807) is 6.92 Å². The second-order valence-corrected chi connectivity index (χ2v) is 13.5. The van der Waals surface area contributed by atoms with Crippen molar-refractivity contribution in [2.45, 2.75) is 125 Å². The predicted molar refractivity (Wildman–Crippen MR) is 140 cm³/mol. The van der Waals surface area contributed by atoms with Crippen molar-refractivity contribution in [3.05, 3.63) is 11.6 Å². The van der Waals surface area contributed by atoms with Crippen LogP contribution in [0.2, 0.25) is 0 Å². The Morgan fingerprint density at radius 3 is 2.37 bits per heavy atom. The molecule has 3 fully saturated rings. The third-order valence-electron chi connectivity index (χ3n) is 10.8. The summed E-state index contributed by atoms with van der Waals surface area (Å²) in [4.78, 5) is 23.7. The van der Waals surface area contributed by atoms with Crippen molar-refractivity contribution in [3.63, 3.8) is 0 Å². The molecule has 35 heavy (non-hydrogen) atoms. The van der Waals surface area contributed by atoms with Crippen molar-refractivity contribution in [1.82, 2.24) is 0 Å². The quantitative estimate of drug-likeness (QED) is 0.276. The van der Waals surface area contributed by atoms with Gasteiger partial charge >= 0.3 is 11.9 Å². The van der Waals surface area contributed by atoms with Crippen LogP contribution in [-0.2, 0) is 19.1 Å². The molecule has 0 aromatic rings. The maximum atomic E-state index is 12.1. The van der Waals surface area contributed by atoms with Gasteiger partial charge in [-0.3, -0.25) is 9.59 Å². The Bertz CT molecular complexity index is 830. The van der Waals surface area contributed by atoms with Gasteiger partial charge in [0.1, 0.15) is 12.2 Å². The Morgan fingerprint density at radius 1 is 1.00 bits per heavy atom. The summed E-state index contributed by atoms with van der Waals surface area (Å²) in [6, 6.07) is 0. The van der Waals surface area contributed by atoms with E-state index in [2.05, 4.69) is 40.7 Å². The smallest absolute Gasteiger partial charge is 0.302 e. The van der Waals surface area contributed by atoms with Crippen LogP contribution >= 0.6 is 0 Å². The second kappa shape index (κ2) is 10.2. The van der Waals surface area contributed by atoms with E-state index in [1.165, 1.54) is 44.6 Å². The van der Waals surface area contributed by atoms with Crippen molar-refractivity contribution in [3.8, 4) is 0 Å². The van der Waals surface area contributed by atoms with Gasteiger partial charge in [0.25, 0.3) is 0 Å². The molecule has 0 saturated heterocycles. The van der Waals surface area contributed by atoms with Gasteiger partial charge in [-0.1, -0.05) is 65.5 Å². The molecular formula is C31H50O4. The molecule has 4 rings (SSSR count). The van der Waals surface area contributed by atoms with Crippen LogP contribution in [0.3, 0.4) is 0 Å². The summed E-state index contributed by atoms with van der Waals surface area (Å²) in [5.74, 6) is 3.48. The lowest BCUT2D eigenvalue weighted by atomic mass is 9.47. The van der Waals surface area contributed by atoms with Gasteiger partial charge in [0.2, 0.25) is 0 Å². The lowest BCUT2D eigenvalue weighted by Gasteiger charge is -2.58. The van der Waals surface area contributed by atoms with E-state index >= 15 is 0 Å². The van der Waals surface area contributed by atoms with E-state index < -0.39 is 0 Å². The standard InChI is InChI=1S/C31H50O4/c1-19(2)9-8-10-20(3)29-28(35-22(5)33)18-27-25-12-11-23-17-24(34-21(4)32)13-15-30(23,6)26(25)14-16-31(27,29)7/h11,19-20,24-29H,8-10,12-18H2,1-7H3. The fraction of sp³-hybridized carbons (Fsp3) is 0.871. The Balaban J connectivity index is 1.56. The highest BCUT2D eigenvalue weighted by molar-refractivity contribution is 5.66. The number of carbonyl (C=O) groups is 2. The summed E-state index contributed by atoms with van der Waals surface area (Å²) in [6.45, 7) is 15.2. The van der Waals surface area contributed by atoms with Gasteiger partial charge in [0.05, 0.1) is 0 Å². The maximum absolute atomic E-state index is 12.1. The van der Waals surface area contributed by atoms with E-state index in [0.29, 0.717) is 29.6 Å². The van der Waals surface area contributed by atoms with Crippen molar-refractivity contribution in [2.24, 2.45) is 46.3 Å². The molecule has 0 N–H and O–H groups in total. The summed E-state index contributed by atoms with van der Waals surface area (Å²) < 4.78 is 11.7. The minimum atomic E-state index is -0.155. The van der Waals surface area contributed by atoms with Crippen LogP contribution in [0.15, 0.2) is 11.6 Å². The average molecular weight is 487 g/mol. The molecule has 0 aromatic carbocycles. The van der Waals surface area contributed by atoms with Crippen molar-refractivity contribution in [2.75, 3.05) is 0 Å². The fourth-order valence-electron chi connectivity index (χ4n) is 9.37. The first-order chi connectivity index (χ1) is 16.5. The first kappa shape index (κ1) is 26.7. The molecule has 0 amide bonds. The summed E-state index contributed by atoms with van der Waals surface area (Å²) in [7, 11) is 0. The average Bonchev–Trinajstić information content (AvgIpc) is 3.04. The monoisotopic (exact) mass is 486 g/mol. The zero-order chi connectivity index (χ0) is 25.5. The highest BCUT2D eigenvalue weighted by Gasteiger charge is 2.62. The second-order valence-electron chi connectivity index (χ2n) is 13.5. The third-order valence-corrected chi connectivity index (χ3v) is 10.8. The van der Waals surface area contributed by atoms with Gasteiger partial charge in [-0.25, -0.2) is 0 Å². The maximum Gasteiger partial charge on any atom is 0.302 e. The summed E-state index contributed by atoms with van der Waals surface area (Å²) in [5.41, 5.74) is 2.00. The van der Waals surface area contributed by atoms with Crippen molar-refractivity contribution in [1.29, 1.82) is 0 Å². The van der Waals surface area contributed by atoms with E-state index in [0.717, 1.165) is 38.0 Å². The van der Waals surface area contributed by atoms with Crippen LogP contribution in [0.4, 0.5) is 0 Å². The van der Waals surface area contributed by atoms with E-state index in [4.69, 9.17) is 9.47 Å². The van der Waals surface area contributed by atoms with Crippen LogP contribution in [0.25, 0.3) is 0 Å². The van der Waals surface area contributed by atoms with Crippen molar-refractivity contribution >= 4 is 11.9 Å². The molecule has 9 atom stereocenters. The first-order valence-electron chi connectivity index (χ1n) is 14.5. The number of carbonyl (C=O) groups excluding carboxylic acids is 2. The number of fused-ring (bicyclic) bond motifs is 5. The topological polar surface area (TPSA) is 52.6 Å². The summed E-state index contributed by atoms with van der Waals surface area (Å²) in [6.07, 6.45) is 14.1. The molecule has 0 aliphatic heterocycles. The molecule has 4 nitrogen and oxygen atoms in total. The molecule has 198 valence electrons. The summed E-state index contributed by atoms with van der Waals surface area (Å²) in [5, 5.41) is 0. The first-order valence-corrected chi connectivity index (χ1v) is 14.5. The molecule has 0 heterocycles. The van der Waals surface area contributed by atoms with Gasteiger partial charge in [-0.05, 0) is 78.9 Å². The van der Waals surface area contributed by atoms with E-state index in [1.807, 2.05) is 0 Å². The third kappa shape index (κ3) is 5.10. The van der Waals surface area contributed by atoms with Gasteiger partial charge in [-0.15, -0.1) is 0 Å². The molecule has 4 aliphatic rings. The van der Waals surface area contributed by atoms with Crippen molar-refractivity contribution < 1.29 is 19.1 Å². The number of ether oxygens (including phenoxy) is 2. The molecule has 0 aromatic heterocycles. The molecule has 4 heteroatoms. The molecule has 4 aliphatic carbocycles. The minimum absolute atomic E-state index is 0.0492. The number of hydrogen-bond acceptors (Lipinski definition) is 4. The Kier molecular flexibility index (Phi) is 7.80. The predicted octanol–water partition coefficient (Wildman–Crippen LogP) is 7.50. The molecule has 0 radical (unpaired) electrons. The zero-order valence-corrected chi connectivity index (χ0v) is 23.4. The number of esters is 2. The molecule has 3 saturated carbocycles. The lowest BCUT2D eigenvalue weighted by Crippen LogP contribution is -2.51.